The molecule has 0 radical (unpaired) electrons. The van der Waals surface area contributed by atoms with Gasteiger partial charge in [0.15, 0.2) is 0 Å². The van der Waals surface area contributed by atoms with Gasteiger partial charge in [0.05, 0.1) is 16.5 Å². The van der Waals surface area contributed by atoms with E-state index in [1.165, 1.54) is 17.2 Å². The lowest BCUT2D eigenvalue weighted by molar-refractivity contribution is -0.113. The molecule has 34 heavy (non-hydrogen) atoms. The van der Waals surface area contributed by atoms with Crippen LogP contribution in [0, 0.1) is 6.92 Å². The van der Waals surface area contributed by atoms with Gasteiger partial charge in [-0.1, -0.05) is 41.1 Å². The second kappa shape index (κ2) is 12.2. The summed E-state index contributed by atoms with van der Waals surface area (Å²) in [5.74, 6) is -0.569. The van der Waals surface area contributed by atoms with Crippen molar-refractivity contribution in [3.05, 3.63) is 58.1 Å². The monoisotopic (exact) mass is 502 g/mol. The Morgan fingerprint density at radius 3 is 2.68 bits per heavy atom. The van der Waals surface area contributed by atoms with Crippen LogP contribution in [0.5, 0.6) is 0 Å². The van der Waals surface area contributed by atoms with Crippen molar-refractivity contribution in [2.75, 3.05) is 49.7 Å². The average Bonchev–Trinajstić information content (AvgIpc) is 2.80. The summed E-state index contributed by atoms with van der Waals surface area (Å²) in [6.45, 7) is 4.14. The van der Waals surface area contributed by atoms with Crippen LogP contribution in [0.4, 0.5) is 16.2 Å². The topological polar surface area (TPSA) is 81.8 Å². The van der Waals surface area contributed by atoms with Gasteiger partial charge in [0.1, 0.15) is 0 Å². The van der Waals surface area contributed by atoms with Crippen molar-refractivity contribution >= 4 is 51.8 Å². The van der Waals surface area contributed by atoms with Gasteiger partial charge in [-0.15, -0.1) is 0 Å². The number of benzene rings is 2. The first-order chi connectivity index (χ1) is 16.2. The number of carbonyl (C=O) groups is 3. The molecule has 3 amide bonds. The average molecular weight is 503 g/mol. The fraction of sp³-hybridized carbons (Fsp3) is 0.400. The number of rotatable bonds is 8. The normalized spacial score (nSPS) is 12.9. The highest BCUT2D eigenvalue weighted by atomic mass is 35.5. The number of amides is 3. The molecule has 0 unspecified atom stereocenters. The molecular weight excluding hydrogens is 472 g/mol. The Kier molecular flexibility index (Phi) is 9.38. The maximum absolute atomic E-state index is 12.8. The molecule has 2 aromatic carbocycles. The molecule has 0 saturated carbocycles. The number of aryl methyl sites for hydroxylation is 2. The molecule has 1 aliphatic rings. The fourth-order valence-electron chi connectivity index (χ4n) is 3.76. The maximum atomic E-state index is 12.8. The minimum Gasteiger partial charge on any atom is -0.352 e. The number of hydrogen-bond donors (Lipinski definition) is 2. The summed E-state index contributed by atoms with van der Waals surface area (Å²) in [5.41, 5.74) is 4.09. The molecule has 3 rings (SSSR count). The Labute approximate surface area is 210 Å². The SMILES string of the molecule is Cc1ccc2c(c1)CCCN2C(=O)SCC(=O)Nc1ccc(C(=O)NCCCN(C)C)cc1Cl. The van der Waals surface area contributed by atoms with Crippen molar-refractivity contribution in [1.29, 1.82) is 0 Å². The van der Waals surface area contributed by atoms with Gasteiger partial charge in [-0.2, -0.15) is 0 Å². The van der Waals surface area contributed by atoms with Crippen LogP contribution in [0.25, 0.3) is 0 Å². The third-order valence-electron chi connectivity index (χ3n) is 5.47. The van der Waals surface area contributed by atoms with Crippen molar-refractivity contribution in [2.45, 2.75) is 26.2 Å². The molecule has 1 heterocycles. The molecule has 0 aromatic heterocycles. The lowest BCUT2D eigenvalue weighted by Gasteiger charge is -2.29. The van der Waals surface area contributed by atoms with Crippen molar-refractivity contribution < 1.29 is 14.4 Å². The summed E-state index contributed by atoms with van der Waals surface area (Å²) < 4.78 is 0. The summed E-state index contributed by atoms with van der Waals surface area (Å²) in [5, 5.41) is 5.71. The van der Waals surface area contributed by atoms with Crippen molar-refractivity contribution in [3.63, 3.8) is 0 Å². The smallest absolute Gasteiger partial charge is 0.286 e. The van der Waals surface area contributed by atoms with Gasteiger partial charge < -0.3 is 20.4 Å². The van der Waals surface area contributed by atoms with Crippen LogP contribution in [0.3, 0.4) is 0 Å². The summed E-state index contributed by atoms with van der Waals surface area (Å²) in [6.07, 6.45) is 2.70. The third kappa shape index (κ3) is 7.22. The van der Waals surface area contributed by atoms with E-state index in [1.54, 1.807) is 17.0 Å². The fourth-order valence-corrected chi connectivity index (χ4v) is 4.66. The lowest BCUT2D eigenvalue weighted by Crippen LogP contribution is -2.33. The molecule has 0 bridgehead atoms. The predicted molar refractivity (Wildman–Crippen MR) is 140 cm³/mol. The van der Waals surface area contributed by atoms with Crippen LogP contribution < -0.4 is 15.5 Å². The van der Waals surface area contributed by atoms with Gasteiger partial charge in [-0.3, -0.25) is 14.4 Å². The minimum atomic E-state index is -0.331. The van der Waals surface area contributed by atoms with Crippen LogP contribution in [0.15, 0.2) is 36.4 Å². The molecule has 182 valence electrons. The zero-order valence-corrected chi connectivity index (χ0v) is 21.4. The predicted octanol–water partition coefficient (Wildman–Crippen LogP) is 4.57. The number of carbonyl (C=O) groups excluding carboxylic acids is 3. The summed E-state index contributed by atoms with van der Waals surface area (Å²) in [7, 11) is 3.97. The maximum Gasteiger partial charge on any atom is 0.286 e. The summed E-state index contributed by atoms with van der Waals surface area (Å²) >= 11 is 7.26. The van der Waals surface area contributed by atoms with Gasteiger partial charge in [0, 0.05) is 24.3 Å². The lowest BCUT2D eigenvalue weighted by atomic mass is 10.0. The van der Waals surface area contributed by atoms with Crippen LogP contribution in [-0.4, -0.2) is 61.4 Å². The number of anilines is 2. The first kappa shape index (κ1) is 26.1. The third-order valence-corrected chi connectivity index (χ3v) is 6.66. The molecular formula is C25H31ClN4O3S. The van der Waals surface area contributed by atoms with E-state index < -0.39 is 0 Å². The van der Waals surface area contributed by atoms with E-state index in [4.69, 9.17) is 11.6 Å². The number of thioether (sulfide) groups is 1. The highest BCUT2D eigenvalue weighted by molar-refractivity contribution is 8.14. The first-order valence-electron chi connectivity index (χ1n) is 11.3. The van der Waals surface area contributed by atoms with Crippen molar-refractivity contribution in [1.82, 2.24) is 10.2 Å². The second-order valence-corrected chi connectivity index (χ2v) is 9.93. The van der Waals surface area contributed by atoms with Gasteiger partial charge in [0.2, 0.25) is 5.91 Å². The van der Waals surface area contributed by atoms with Crippen molar-refractivity contribution in [3.8, 4) is 0 Å². The molecule has 2 aromatic rings. The van der Waals surface area contributed by atoms with E-state index in [-0.39, 0.29) is 27.8 Å². The molecule has 0 spiro atoms. The van der Waals surface area contributed by atoms with E-state index >= 15 is 0 Å². The van der Waals surface area contributed by atoms with Crippen LogP contribution in [0.2, 0.25) is 5.02 Å². The Hall–Kier alpha value is -2.55. The Balaban J connectivity index is 1.50. The summed E-state index contributed by atoms with van der Waals surface area (Å²) in [4.78, 5) is 41.3. The summed E-state index contributed by atoms with van der Waals surface area (Å²) in [6, 6.07) is 10.8. The Morgan fingerprint density at radius 2 is 1.94 bits per heavy atom. The van der Waals surface area contributed by atoms with E-state index in [1.807, 2.05) is 33.2 Å². The largest absolute Gasteiger partial charge is 0.352 e. The standard InChI is InChI=1S/C25H31ClN4O3S/c1-17-7-10-22-18(14-17)6-4-13-30(22)25(33)34-16-23(31)28-21-9-8-19(15-20(21)26)24(32)27-11-5-12-29(2)3/h7-10,14-15H,4-6,11-13,16H2,1-3H3,(H,27,32)(H,28,31). The van der Waals surface area contributed by atoms with Crippen molar-refractivity contribution in [2.24, 2.45) is 0 Å². The Morgan fingerprint density at radius 1 is 1.15 bits per heavy atom. The van der Waals surface area contributed by atoms with E-state index in [0.29, 0.717) is 24.3 Å². The molecule has 0 aliphatic carbocycles. The Bertz CT molecular complexity index is 1060. The molecule has 9 heteroatoms. The van der Waals surface area contributed by atoms with Crippen LogP contribution in [-0.2, 0) is 11.2 Å². The molecule has 0 atom stereocenters. The number of halogens is 1. The molecule has 7 nitrogen and oxygen atoms in total. The van der Waals surface area contributed by atoms with Crippen LogP contribution in [0.1, 0.15) is 34.3 Å². The second-order valence-electron chi connectivity index (χ2n) is 8.60. The molecule has 1 aliphatic heterocycles. The number of nitrogens with one attached hydrogen (secondary N) is 2. The van der Waals surface area contributed by atoms with E-state index in [2.05, 4.69) is 21.6 Å². The van der Waals surface area contributed by atoms with Gasteiger partial charge in [-0.25, -0.2) is 0 Å². The zero-order chi connectivity index (χ0) is 24.7. The minimum absolute atomic E-state index is 0.0268. The van der Waals surface area contributed by atoms with Gasteiger partial charge >= 0.3 is 0 Å². The number of nitrogens with zero attached hydrogens (tertiary/aromatic N) is 2. The quantitative estimate of drug-likeness (QED) is 0.516. The van der Waals surface area contributed by atoms with E-state index in [0.717, 1.165) is 43.3 Å². The molecule has 0 fully saturated rings. The van der Waals surface area contributed by atoms with Crippen LogP contribution >= 0.6 is 23.4 Å². The van der Waals surface area contributed by atoms with Gasteiger partial charge in [-0.05, 0) is 76.7 Å². The molecule has 0 saturated heterocycles. The zero-order valence-electron chi connectivity index (χ0n) is 19.8. The highest BCUT2D eigenvalue weighted by Gasteiger charge is 2.23. The highest BCUT2D eigenvalue weighted by Crippen LogP contribution is 2.30. The number of fused-ring (bicyclic) bond motifs is 1. The van der Waals surface area contributed by atoms with Gasteiger partial charge in [0.25, 0.3) is 11.1 Å². The first-order valence-corrected chi connectivity index (χ1v) is 12.7. The molecule has 2 N–H and O–H groups in total. The van der Waals surface area contributed by atoms with E-state index in [9.17, 15) is 14.4 Å². The number of hydrogen-bond acceptors (Lipinski definition) is 5.